The summed E-state index contributed by atoms with van der Waals surface area (Å²) in [6.07, 6.45) is 0.427. The molecule has 2 N–H and O–H groups in total. The van der Waals surface area contributed by atoms with Gasteiger partial charge in [-0.05, 0) is 79.9 Å². The Hall–Kier alpha value is -4.65. The number of hydrogen-bond donors (Lipinski definition) is 2. The van der Waals surface area contributed by atoms with E-state index in [-0.39, 0.29) is 11.7 Å². The van der Waals surface area contributed by atoms with E-state index in [4.69, 9.17) is 9.47 Å². The van der Waals surface area contributed by atoms with Gasteiger partial charge in [-0.15, -0.1) is 0 Å². The van der Waals surface area contributed by atoms with Crippen LogP contribution in [0.2, 0.25) is 0 Å². The van der Waals surface area contributed by atoms with Gasteiger partial charge in [0.15, 0.2) is 0 Å². The van der Waals surface area contributed by atoms with Crippen molar-refractivity contribution < 1.29 is 28.6 Å². The first-order valence-corrected chi connectivity index (χ1v) is 12.2. The first-order chi connectivity index (χ1) is 18.3. The first-order valence-electron chi connectivity index (χ1n) is 12.2. The minimum atomic E-state index is -0.872. The zero-order valence-corrected chi connectivity index (χ0v) is 21.0. The molecule has 0 saturated heterocycles. The van der Waals surface area contributed by atoms with Crippen LogP contribution in [0.25, 0.3) is 11.1 Å². The van der Waals surface area contributed by atoms with Crippen LogP contribution in [0.4, 0.5) is 10.1 Å². The maximum Gasteiger partial charge on any atom is 0.311 e. The second-order valence-electron chi connectivity index (χ2n) is 9.32. The predicted octanol–water partition coefficient (Wildman–Crippen LogP) is 7.10. The van der Waals surface area contributed by atoms with E-state index in [2.05, 4.69) is 5.32 Å². The van der Waals surface area contributed by atoms with E-state index in [1.165, 1.54) is 12.1 Å². The number of carboxylic acids is 1. The van der Waals surface area contributed by atoms with Gasteiger partial charge in [-0.2, -0.15) is 0 Å². The number of ether oxygens (including phenoxy) is 2. The normalized spacial score (nSPS) is 14.2. The number of hydrogen-bond acceptors (Lipinski definition) is 4. The maximum absolute atomic E-state index is 14.5. The van der Waals surface area contributed by atoms with Gasteiger partial charge in [0.05, 0.1) is 12.5 Å². The molecule has 1 unspecified atom stereocenters. The number of nitrogens with one attached hydrogen (secondary N) is 1. The molecule has 4 aromatic rings. The second kappa shape index (κ2) is 10.4. The molecule has 1 amide bonds. The number of carboxylic acid groups (broad SMARTS) is 1. The van der Waals surface area contributed by atoms with Crippen molar-refractivity contribution in [1.29, 1.82) is 0 Å². The zero-order chi connectivity index (χ0) is 26.8. The highest BCUT2D eigenvalue weighted by molar-refractivity contribution is 6.04. The van der Waals surface area contributed by atoms with Crippen molar-refractivity contribution >= 4 is 17.6 Å². The molecule has 0 bridgehead atoms. The van der Waals surface area contributed by atoms with Crippen molar-refractivity contribution in [2.75, 3.05) is 11.9 Å². The number of aryl methyl sites for hydroxylation is 2. The molecule has 192 valence electrons. The fourth-order valence-corrected chi connectivity index (χ4v) is 4.46. The van der Waals surface area contributed by atoms with Gasteiger partial charge in [0.1, 0.15) is 23.1 Å². The molecular formula is C31H26FNO5. The molecule has 4 aromatic carbocycles. The van der Waals surface area contributed by atoms with E-state index in [0.717, 1.165) is 16.7 Å². The lowest BCUT2D eigenvalue weighted by Gasteiger charge is -2.24. The van der Waals surface area contributed by atoms with Crippen molar-refractivity contribution in [1.82, 2.24) is 0 Å². The van der Waals surface area contributed by atoms with Gasteiger partial charge >= 0.3 is 5.97 Å². The van der Waals surface area contributed by atoms with E-state index in [1.54, 1.807) is 42.5 Å². The summed E-state index contributed by atoms with van der Waals surface area (Å²) in [5, 5.41) is 12.3. The Labute approximate surface area is 219 Å². The lowest BCUT2D eigenvalue weighted by Crippen LogP contribution is -2.21. The fourth-order valence-electron chi connectivity index (χ4n) is 4.46. The van der Waals surface area contributed by atoms with E-state index < -0.39 is 11.9 Å². The number of carbonyl (C=O) groups excluding carboxylic acids is 1. The Morgan fingerprint density at radius 2 is 1.71 bits per heavy atom. The SMILES string of the molecule is Cc1ccc(-c2cc(NC(=O)c3ccc(Oc4cc5c(cc4C)C(C(=O)O)CCO5)cc3)ccc2F)cc1. The second-order valence-corrected chi connectivity index (χ2v) is 9.32. The lowest BCUT2D eigenvalue weighted by molar-refractivity contribution is -0.139. The first kappa shape index (κ1) is 25.0. The summed E-state index contributed by atoms with van der Waals surface area (Å²) in [4.78, 5) is 24.4. The molecule has 5 rings (SSSR count). The molecule has 0 aromatic heterocycles. The maximum atomic E-state index is 14.5. The Morgan fingerprint density at radius 1 is 0.974 bits per heavy atom. The van der Waals surface area contributed by atoms with Crippen LogP contribution in [0, 0.1) is 19.7 Å². The molecule has 0 spiro atoms. The molecular weight excluding hydrogens is 485 g/mol. The fraction of sp³-hybridized carbons (Fsp3) is 0.161. The van der Waals surface area contributed by atoms with Gasteiger partial charge < -0.3 is 19.9 Å². The van der Waals surface area contributed by atoms with Gasteiger partial charge in [-0.3, -0.25) is 9.59 Å². The van der Waals surface area contributed by atoms with Crippen LogP contribution in [0.15, 0.2) is 78.9 Å². The molecule has 1 heterocycles. The van der Waals surface area contributed by atoms with Gasteiger partial charge in [-0.1, -0.05) is 29.8 Å². The zero-order valence-electron chi connectivity index (χ0n) is 21.0. The highest BCUT2D eigenvalue weighted by Crippen LogP contribution is 2.39. The third-order valence-corrected chi connectivity index (χ3v) is 6.58. The largest absolute Gasteiger partial charge is 0.493 e. The molecule has 38 heavy (non-hydrogen) atoms. The van der Waals surface area contributed by atoms with E-state index >= 15 is 0 Å². The highest BCUT2D eigenvalue weighted by Gasteiger charge is 2.28. The van der Waals surface area contributed by atoms with Gasteiger partial charge in [0.2, 0.25) is 0 Å². The third-order valence-electron chi connectivity index (χ3n) is 6.58. The number of benzene rings is 4. The number of fused-ring (bicyclic) bond motifs is 1. The molecule has 6 nitrogen and oxygen atoms in total. The van der Waals surface area contributed by atoms with Crippen molar-refractivity contribution in [2.45, 2.75) is 26.2 Å². The van der Waals surface area contributed by atoms with Crippen molar-refractivity contribution in [2.24, 2.45) is 0 Å². The van der Waals surface area contributed by atoms with Crippen molar-refractivity contribution in [3.05, 3.63) is 107 Å². The standard InChI is InChI=1S/C31H26FNO5/c1-18-3-5-20(6-4-18)25-16-22(9-12-27(25)32)33-30(34)21-7-10-23(11-8-21)38-28-17-29-26(15-19(28)2)24(31(35)36)13-14-37-29/h3-12,15-17,24H,13-14H2,1-2H3,(H,33,34)(H,35,36). The molecule has 1 aliphatic heterocycles. The lowest BCUT2D eigenvalue weighted by atomic mass is 9.92. The predicted molar refractivity (Wildman–Crippen MR) is 143 cm³/mol. The van der Waals surface area contributed by atoms with Crippen LogP contribution in [0.5, 0.6) is 17.2 Å². The summed E-state index contributed by atoms with van der Waals surface area (Å²) < 4.78 is 26.1. The number of carbonyl (C=O) groups is 2. The van der Waals surface area contributed by atoms with Crippen molar-refractivity contribution in [3.8, 4) is 28.4 Å². The van der Waals surface area contributed by atoms with Gasteiger partial charge in [-0.25, -0.2) is 4.39 Å². The smallest absolute Gasteiger partial charge is 0.311 e. The summed E-state index contributed by atoms with van der Waals surface area (Å²) in [6.45, 7) is 4.14. The van der Waals surface area contributed by atoms with Crippen LogP contribution in [-0.2, 0) is 4.79 Å². The molecule has 0 radical (unpaired) electrons. The van der Waals surface area contributed by atoms with Crippen LogP contribution in [0.3, 0.4) is 0 Å². The number of amides is 1. The Bertz CT molecular complexity index is 1510. The molecule has 0 saturated carbocycles. The van der Waals surface area contributed by atoms with E-state index in [1.807, 2.05) is 38.1 Å². The Balaban J connectivity index is 1.29. The van der Waals surface area contributed by atoms with E-state index in [9.17, 15) is 19.1 Å². The molecule has 1 atom stereocenters. The van der Waals surface area contributed by atoms with Crippen LogP contribution >= 0.6 is 0 Å². The molecule has 0 aliphatic carbocycles. The third kappa shape index (κ3) is 5.22. The number of aliphatic carboxylic acids is 1. The minimum Gasteiger partial charge on any atom is -0.493 e. The number of halogens is 1. The van der Waals surface area contributed by atoms with Crippen LogP contribution in [0.1, 0.15) is 39.4 Å². The van der Waals surface area contributed by atoms with Gasteiger partial charge in [0.25, 0.3) is 5.91 Å². The summed E-state index contributed by atoms with van der Waals surface area (Å²) >= 11 is 0. The van der Waals surface area contributed by atoms with Gasteiger partial charge in [0, 0.05) is 28.4 Å². The summed E-state index contributed by atoms with van der Waals surface area (Å²) in [6, 6.07) is 22.1. The average molecular weight is 512 g/mol. The van der Waals surface area contributed by atoms with Crippen LogP contribution < -0.4 is 14.8 Å². The summed E-state index contributed by atoms with van der Waals surface area (Å²) in [5.74, 6) is -0.613. The number of anilines is 1. The summed E-state index contributed by atoms with van der Waals surface area (Å²) in [5.41, 5.74) is 4.53. The summed E-state index contributed by atoms with van der Waals surface area (Å²) in [7, 11) is 0. The topological polar surface area (TPSA) is 84.9 Å². The van der Waals surface area contributed by atoms with Crippen LogP contribution in [-0.4, -0.2) is 23.6 Å². The quantitative estimate of drug-likeness (QED) is 0.288. The van der Waals surface area contributed by atoms with E-state index in [0.29, 0.717) is 52.7 Å². The molecule has 7 heteroatoms. The highest BCUT2D eigenvalue weighted by atomic mass is 19.1. The molecule has 0 fully saturated rings. The average Bonchev–Trinajstić information content (AvgIpc) is 2.90. The van der Waals surface area contributed by atoms with Crippen molar-refractivity contribution in [3.63, 3.8) is 0 Å². The molecule has 1 aliphatic rings. The monoisotopic (exact) mass is 511 g/mol. The minimum absolute atomic E-state index is 0.330. The number of rotatable bonds is 6. The Morgan fingerprint density at radius 3 is 2.42 bits per heavy atom. The Kier molecular flexibility index (Phi) is 6.83.